The number of halogens is 1. The van der Waals surface area contributed by atoms with Crippen LogP contribution >= 0.6 is 11.6 Å². The zero-order valence-electron chi connectivity index (χ0n) is 13.3. The second-order valence-corrected chi connectivity index (χ2v) is 5.66. The second-order valence-electron chi connectivity index (χ2n) is 5.28. The molecule has 0 aliphatic heterocycles. The Hall–Kier alpha value is -2.84. The average molecular weight is 339 g/mol. The molecule has 6 heteroatoms. The summed E-state index contributed by atoms with van der Waals surface area (Å²) >= 11 is 6.40. The first kappa shape index (κ1) is 16.0. The molecule has 0 saturated heterocycles. The van der Waals surface area contributed by atoms with Crippen LogP contribution in [0.5, 0.6) is 5.75 Å². The fourth-order valence-corrected chi connectivity index (χ4v) is 2.78. The molecule has 0 aliphatic rings. The van der Waals surface area contributed by atoms with Crippen LogP contribution in [0.3, 0.4) is 0 Å². The van der Waals surface area contributed by atoms with E-state index in [9.17, 15) is 0 Å². The fraction of sp³-hybridized carbons (Fsp3) is 0.167. The zero-order chi connectivity index (χ0) is 17.1. The number of nitrogens with zero attached hydrogens (tertiary/aromatic N) is 4. The number of benzene rings is 2. The van der Waals surface area contributed by atoms with Gasteiger partial charge in [-0.3, -0.25) is 0 Å². The fourth-order valence-electron chi connectivity index (χ4n) is 2.52. The molecule has 0 radical (unpaired) electrons. The van der Waals surface area contributed by atoms with Crippen molar-refractivity contribution in [3.05, 3.63) is 64.4 Å². The number of methoxy groups -OCH3 is 1. The number of rotatable bonds is 4. The standard InChI is InChI=1S/C18H15ClN4O/c1-12-21-22-18(14-6-3-5-13(9-14)10-20)23(12)11-15-7-4-8-16(24-2)17(15)19/h3-9H,11H2,1-2H3. The molecule has 5 nitrogen and oxygen atoms in total. The van der Waals surface area contributed by atoms with Crippen molar-refractivity contribution in [3.8, 4) is 23.2 Å². The van der Waals surface area contributed by atoms with Crippen molar-refractivity contribution in [2.45, 2.75) is 13.5 Å². The van der Waals surface area contributed by atoms with Crippen LogP contribution in [-0.2, 0) is 6.54 Å². The molecule has 0 amide bonds. The van der Waals surface area contributed by atoms with E-state index in [1.54, 1.807) is 19.2 Å². The maximum absolute atomic E-state index is 9.09. The van der Waals surface area contributed by atoms with Gasteiger partial charge >= 0.3 is 0 Å². The number of aryl methyl sites for hydroxylation is 1. The summed E-state index contributed by atoms with van der Waals surface area (Å²) in [7, 11) is 1.59. The Morgan fingerprint density at radius 2 is 2.00 bits per heavy atom. The third-order valence-electron chi connectivity index (χ3n) is 3.78. The van der Waals surface area contributed by atoms with Crippen LogP contribution < -0.4 is 4.74 Å². The summed E-state index contributed by atoms with van der Waals surface area (Å²) in [6.45, 7) is 2.40. The van der Waals surface area contributed by atoms with E-state index in [1.165, 1.54) is 0 Å². The lowest BCUT2D eigenvalue weighted by Crippen LogP contribution is -2.05. The monoisotopic (exact) mass is 338 g/mol. The van der Waals surface area contributed by atoms with E-state index in [4.69, 9.17) is 21.6 Å². The predicted octanol–water partition coefficient (Wildman–Crippen LogP) is 3.84. The number of ether oxygens (including phenoxy) is 1. The summed E-state index contributed by atoms with van der Waals surface area (Å²) in [6, 6.07) is 15.1. The Kier molecular flexibility index (Phi) is 4.50. The molecule has 0 N–H and O–H groups in total. The van der Waals surface area contributed by atoms with Gasteiger partial charge in [0.25, 0.3) is 0 Å². The molecular weight excluding hydrogens is 324 g/mol. The molecule has 1 aromatic heterocycles. The van der Waals surface area contributed by atoms with Gasteiger partial charge < -0.3 is 9.30 Å². The van der Waals surface area contributed by atoms with Gasteiger partial charge in [0, 0.05) is 5.56 Å². The zero-order valence-corrected chi connectivity index (χ0v) is 14.1. The number of hydrogen-bond donors (Lipinski definition) is 0. The highest BCUT2D eigenvalue weighted by atomic mass is 35.5. The molecule has 2 aromatic carbocycles. The minimum Gasteiger partial charge on any atom is -0.495 e. The van der Waals surface area contributed by atoms with Crippen LogP contribution in [-0.4, -0.2) is 21.9 Å². The summed E-state index contributed by atoms with van der Waals surface area (Å²) in [4.78, 5) is 0. The molecule has 0 fully saturated rings. The lowest BCUT2D eigenvalue weighted by atomic mass is 10.1. The summed E-state index contributed by atoms with van der Waals surface area (Å²) in [5, 5.41) is 18.1. The lowest BCUT2D eigenvalue weighted by molar-refractivity contribution is 0.414. The van der Waals surface area contributed by atoms with Crippen molar-refractivity contribution in [1.29, 1.82) is 5.26 Å². The van der Waals surface area contributed by atoms with Crippen molar-refractivity contribution in [2.24, 2.45) is 0 Å². The Morgan fingerprint density at radius 3 is 2.75 bits per heavy atom. The average Bonchev–Trinajstić information content (AvgIpc) is 2.97. The summed E-state index contributed by atoms with van der Waals surface area (Å²) in [6.07, 6.45) is 0. The third-order valence-corrected chi connectivity index (χ3v) is 4.21. The van der Waals surface area contributed by atoms with Crippen LogP contribution in [0.15, 0.2) is 42.5 Å². The Morgan fingerprint density at radius 1 is 1.21 bits per heavy atom. The van der Waals surface area contributed by atoms with Crippen LogP contribution in [0.25, 0.3) is 11.4 Å². The molecule has 3 rings (SSSR count). The topological polar surface area (TPSA) is 63.7 Å². The van der Waals surface area contributed by atoms with Gasteiger partial charge in [0.15, 0.2) is 5.82 Å². The van der Waals surface area contributed by atoms with E-state index in [-0.39, 0.29) is 0 Å². The quantitative estimate of drug-likeness (QED) is 0.725. The highest BCUT2D eigenvalue weighted by Crippen LogP contribution is 2.29. The van der Waals surface area contributed by atoms with Crippen molar-refractivity contribution < 1.29 is 4.74 Å². The van der Waals surface area contributed by atoms with Gasteiger partial charge in [-0.1, -0.05) is 35.9 Å². The summed E-state index contributed by atoms with van der Waals surface area (Å²) in [5.74, 6) is 2.10. The molecule has 120 valence electrons. The molecule has 24 heavy (non-hydrogen) atoms. The van der Waals surface area contributed by atoms with Gasteiger partial charge in [0.2, 0.25) is 0 Å². The highest BCUT2D eigenvalue weighted by Gasteiger charge is 2.14. The van der Waals surface area contributed by atoms with Crippen molar-refractivity contribution in [3.63, 3.8) is 0 Å². The molecule has 0 aliphatic carbocycles. The first-order valence-electron chi connectivity index (χ1n) is 7.35. The van der Waals surface area contributed by atoms with Gasteiger partial charge in [0.1, 0.15) is 11.6 Å². The highest BCUT2D eigenvalue weighted by molar-refractivity contribution is 6.32. The first-order chi connectivity index (χ1) is 11.6. The van der Waals surface area contributed by atoms with E-state index < -0.39 is 0 Å². The minimum atomic E-state index is 0.515. The van der Waals surface area contributed by atoms with Gasteiger partial charge in [-0.25, -0.2) is 0 Å². The summed E-state index contributed by atoms with van der Waals surface area (Å²) < 4.78 is 7.24. The van der Waals surface area contributed by atoms with E-state index in [1.807, 2.05) is 41.8 Å². The van der Waals surface area contributed by atoms with E-state index in [0.717, 1.165) is 17.0 Å². The first-order valence-corrected chi connectivity index (χ1v) is 7.73. The number of aromatic nitrogens is 3. The van der Waals surface area contributed by atoms with Gasteiger partial charge in [-0.15, -0.1) is 10.2 Å². The Bertz CT molecular complexity index is 927. The van der Waals surface area contributed by atoms with Crippen LogP contribution in [0.4, 0.5) is 0 Å². The molecule has 1 heterocycles. The molecule has 0 saturated carbocycles. The van der Waals surface area contributed by atoms with E-state index in [2.05, 4.69) is 16.3 Å². The van der Waals surface area contributed by atoms with Crippen LogP contribution in [0.2, 0.25) is 5.02 Å². The van der Waals surface area contributed by atoms with Gasteiger partial charge in [-0.2, -0.15) is 5.26 Å². The summed E-state index contributed by atoms with van der Waals surface area (Å²) in [5.41, 5.74) is 2.34. The van der Waals surface area contributed by atoms with Crippen molar-refractivity contribution in [1.82, 2.24) is 14.8 Å². The van der Waals surface area contributed by atoms with Crippen molar-refractivity contribution >= 4 is 11.6 Å². The molecule has 0 atom stereocenters. The van der Waals surface area contributed by atoms with E-state index in [0.29, 0.717) is 28.7 Å². The van der Waals surface area contributed by atoms with Crippen LogP contribution in [0, 0.1) is 18.3 Å². The molecular formula is C18H15ClN4O. The molecule has 0 spiro atoms. The third kappa shape index (κ3) is 2.97. The van der Waals surface area contributed by atoms with Crippen LogP contribution in [0.1, 0.15) is 17.0 Å². The predicted molar refractivity (Wildman–Crippen MR) is 92.0 cm³/mol. The van der Waals surface area contributed by atoms with Gasteiger partial charge in [-0.05, 0) is 30.7 Å². The van der Waals surface area contributed by atoms with Gasteiger partial charge in [0.05, 0.1) is 30.3 Å². The maximum Gasteiger partial charge on any atom is 0.164 e. The smallest absolute Gasteiger partial charge is 0.164 e. The number of nitriles is 1. The second kappa shape index (κ2) is 6.73. The minimum absolute atomic E-state index is 0.515. The Balaban J connectivity index is 2.04. The maximum atomic E-state index is 9.09. The van der Waals surface area contributed by atoms with Crippen molar-refractivity contribution in [2.75, 3.05) is 7.11 Å². The SMILES string of the molecule is COc1cccc(Cn2c(C)nnc2-c2cccc(C#N)c2)c1Cl. The van der Waals surface area contributed by atoms with E-state index >= 15 is 0 Å². The molecule has 0 unspecified atom stereocenters. The Labute approximate surface area is 145 Å². The molecule has 0 bridgehead atoms. The normalized spacial score (nSPS) is 10.4. The molecule has 3 aromatic rings. The largest absolute Gasteiger partial charge is 0.495 e. The number of hydrogen-bond acceptors (Lipinski definition) is 4. The lowest BCUT2D eigenvalue weighted by Gasteiger charge is -2.12.